The Balaban J connectivity index is 2.80. The van der Waals surface area contributed by atoms with Crippen LogP contribution in [-0.4, -0.2) is 5.11 Å². The molecule has 1 aromatic carbocycles. The first kappa shape index (κ1) is 9.85. The van der Waals surface area contributed by atoms with Crippen molar-refractivity contribution in [2.24, 2.45) is 5.92 Å². The Morgan fingerprint density at radius 3 is 2.38 bits per heavy atom. The van der Waals surface area contributed by atoms with E-state index < -0.39 is 0 Å². The maximum Gasteiger partial charge on any atom is 0.0829 e. The second-order valence-corrected chi connectivity index (χ2v) is 3.62. The molecule has 1 N–H and O–H groups in total. The van der Waals surface area contributed by atoms with Crippen LogP contribution < -0.4 is 0 Å². The standard InChI is InChI=1S/C12H16O/c1-10(2)8-12(9-13)11-6-4-3-5-7-11/h3-7,9-10,13H,8H2,1-2H3/b12-9-. The maximum absolute atomic E-state index is 9.07. The summed E-state index contributed by atoms with van der Waals surface area (Å²) in [5.41, 5.74) is 2.12. The molecule has 0 aliphatic rings. The monoisotopic (exact) mass is 176 g/mol. The Bertz CT molecular complexity index is 272. The van der Waals surface area contributed by atoms with Crippen LogP contribution in [0.1, 0.15) is 25.8 Å². The molecule has 0 amide bonds. The summed E-state index contributed by atoms with van der Waals surface area (Å²) in [4.78, 5) is 0. The van der Waals surface area contributed by atoms with Gasteiger partial charge in [-0.05, 0) is 23.5 Å². The minimum absolute atomic E-state index is 0.568. The molecule has 0 aromatic heterocycles. The molecule has 1 nitrogen and oxygen atoms in total. The quantitative estimate of drug-likeness (QED) is 0.697. The van der Waals surface area contributed by atoms with Gasteiger partial charge in [-0.25, -0.2) is 0 Å². The van der Waals surface area contributed by atoms with Gasteiger partial charge in [0.05, 0.1) is 6.26 Å². The highest BCUT2D eigenvalue weighted by Gasteiger charge is 2.03. The smallest absolute Gasteiger partial charge is 0.0829 e. The van der Waals surface area contributed by atoms with E-state index >= 15 is 0 Å². The second-order valence-electron chi connectivity index (χ2n) is 3.62. The van der Waals surface area contributed by atoms with E-state index in [-0.39, 0.29) is 0 Å². The van der Waals surface area contributed by atoms with Crippen LogP contribution in [0.5, 0.6) is 0 Å². The Labute approximate surface area is 79.7 Å². The molecule has 0 spiro atoms. The highest BCUT2D eigenvalue weighted by atomic mass is 16.2. The molecule has 0 heterocycles. The average Bonchev–Trinajstić information content (AvgIpc) is 2.15. The van der Waals surface area contributed by atoms with Crippen molar-refractivity contribution in [2.75, 3.05) is 0 Å². The van der Waals surface area contributed by atoms with Crippen molar-refractivity contribution in [2.45, 2.75) is 20.3 Å². The van der Waals surface area contributed by atoms with E-state index in [1.165, 1.54) is 6.26 Å². The third-order valence-corrected chi connectivity index (χ3v) is 1.93. The highest BCUT2D eigenvalue weighted by molar-refractivity contribution is 5.64. The van der Waals surface area contributed by atoms with Crippen molar-refractivity contribution in [1.29, 1.82) is 0 Å². The van der Waals surface area contributed by atoms with E-state index in [1.54, 1.807) is 0 Å². The minimum atomic E-state index is 0.568. The summed E-state index contributed by atoms with van der Waals surface area (Å²) >= 11 is 0. The van der Waals surface area contributed by atoms with Gasteiger partial charge in [0.2, 0.25) is 0 Å². The fourth-order valence-corrected chi connectivity index (χ4v) is 1.34. The SMILES string of the molecule is CC(C)C/C(=C/O)c1ccccc1. The van der Waals surface area contributed by atoms with Gasteiger partial charge in [-0.15, -0.1) is 0 Å². The molecule has 0 radical (unpaired) electrons. The number of rotatable bonds is 3. The van der Waals surface area contributed by atoms with Crippen LogP contribution in [-0.2, 0) is 0 Å². The van der Waals surface area contributed by atoms with Gasteiger partial charge in [0.1, 0.15) is 0 Å². The summed E-state index contributed by atoms with van der Waals surface area (Å²) in [5.74, 6) is 0.568. The number of benzene rings is 1. The lowest BCUT2D eigenvalue weighted by Crippen LogP contribution is -1.91. The van der Waals surface area contributed by atoms with Gasteiger partial charge in [0.15, 0.2) is 0 Å². The van der Waals surface area contributed by atoms with Crippen molar-refractivity contribution in [3.05, 3.63) is 42.2 Å². The lowest BCUT2D eigenvalue weighted by Gasteiger charge is -2.08. The van der Waals surface area contributed by atoms with E-state index in [1.807, 2.05) is 30.3 Å². The molecule has 1 heteroatoms. The second kappa shape index (κ2) is 4.70. The average molecular weight is 176 g/mol. The topological polar surface area (TPSA) is 20.2 Å². The van der Waals surface area contributed by atoms with Crippen LogP contribution in [0.15, 0.2) is 36.6 Å². The first-order chi connectivity index (χ1) is 6.24. The van der Waals surface area contributed by atoms with Crippen LogP contribution in [0.3, 0.4) is 0 Å². The molecule has 0 aliphatic carbocycles. The molecular weight excluding hydrogens is 160 g/mol. The van der Waals surface area contributed by atoms with Crippen molar-refractivity contribution < 1.29 is 5.11 Å². The lowest BCUT2D eigenvalue weighted by molar-refractivity contribution is 0.471. The lowest BCUT2D eigenvalue weighted by atomic mass is 9.98. The largest absolute Gasteiger partial charge is 0.515 e. The van der Waals surface area contributed by atoms with E-state index in [9.17, 15) is 0 Å². The van der Waals surface area contributed by atoms with Gasteiger partial charge >= 0.3 is 0 Å². The normalized spacial score (nSPS) is 12.1. The summed E-state index contributed by atoms with van der Waals surface area (Å²) < 4.78 is 0. The van der Waals surface area contributed by atoms with Gasteiger partial charge < -0.3 is 5.11 Å². The Kier molecular flexibility index (Phi) is 3.56. The Morgan fingerprint density at radius 1 is 1.31 bits per heavy atom. The van der Waals surface area contributed by atoms with E-state index in [4.69, 9.17) is 5.11 Å². The zero-order valence-electron chi connectivity index (χ0n) is 8.20. The number of aliphatic hydroxyl groups excluding tert-OH is 1. The number of hydrogen-bond donors (Lipinski definition) is 1. The fraction of sp³-hybridized carbons (Fsp3) is 0.333. The molecule has 1 rings (SSSR count). The number of hydrogen-bond acceptors (Lipinski definition) is 1. The molecule has 1 aromatic rings. The molecule has 0 aliphatic heterocycles. The predicted molar refractivity (Wildman–Crippen MR) is 56.5 cm³/mol. The first-order valence-electron chi connectivity index (χ1n) is 4.62. The molecule has 0 atom stereocenters. The zero-order chi connectivity index (χ0) is 9.68. The highest BCUT2D eigenvalue weighted by Crippen LogP contribution is 2.21. The van der Waals surface area contributed by atoms with Gasteiger partial charge in [-0.2, -0.15) is 0 Å². The molecule has 70 valence electrons. The van der Waals surface area contributed by atoms with Gasteiger partial charge in [0, 0.05) is 0 Å². The van der Waals surface area contributed by atoms with E-state index in [0.29, 0.717) is 5.92 Å². The molecule has 0 unspecified atom stereocenters. The maximum atomic E-state index is 9.07. The van der Waals surface area contributed by atoms with Crippen molar-refractivity contribution >= 4 is 5.57 Å². The van der Waals surface area contributed by atoms with Crippen molar-refractivity contribution in [3.8, 4) is 0 Å². The Hall–Kier alpha value is -1.24. The zero-order valence-corrected chi connectivity index (χ0v) is 8.20. The van der Waals surface area contributed by atoms with Gasteiger partial charge in [-0.3, -0.25) is 0 Å². The van der Waals surface area contributed by atoms with Crippen LogP contribution in [0, 0.1) is 5.92 Å². The molecule has 0 saturated heterocycles. The summed E-state index contributed by atoms with van der Waals surface area (Å²) in [6.45, 7) is 4.29. The van der Waals surface area contributed by atoms with Crippen LogP contribution >= 0.6 is 0 Å². The predicted octanol–water partition coefficient (Wildman–Crippen LogP) is 3.63. The summed E-state index contributed by atoms with van der Waals surface area (Å²) in [5, 5.41) is 9.07. The molecular formula is C12H16O. The fourth-order valence-electron chi connectivity index (χ4n) is 1.34. The summed E-state index contributed by atoms with van der Waals surface area (Å²) in [6.07, 6.45) is 2.13. The Morgan fingerprint density at radius 2 is 1.92 bits per heavy atom. The third kappa shape index (κ3) is 2.94. The van der Waals surface area contributed by atoms with Crippen molar-refractivity contribution in [3.63, 3.8) is 0 Å². The van der Waals surface area contributed by atoms with E-state index in [2.05, 4.69) is 13.8 Å². The van der Waals surface area contributed by atoms with Crippen LogP contribution in [0.25, 0.3) is 5.57 Å². The van der Waals surface area contributed by atoms with Crippen LogP contribution in [0.4, 0.5) is 0 Å². The number of allylic oxidation sites excluding steroid dienone is 1. The summed E-state index contributed by atoms with van der Waals surface area (Å²) in [7, 11) is 0. The van der Waals surface area contributed by atoms with Gasteiger partial charge in [0.25, 0.3) is 0 Å². The number of aliphatic hydroxyl groups is 1. The first-order valence-corrected chi connectivity index (χ1v) is 4.62. The third-order valence-electron chi connectivity index (χ3n) is 1.93. The van der Waals surface area contributed by atoms with Crippen molar-refractivity contribution in [1.82, 2.24) is 0 Å². The minimum Gasteiger partial charge on any atom is -0.515 e. The molecule has 13 heavy (non-hydrogen) atoms. The molecule has 0 fully saturated rings. The summed E-state index contributed by atoms with van der Waals surface area (Å²) in [6, 6.07) is 9.99. The van der Waals surface area contributed by atoms with Gasteiger partial charge in [-0.1, -0.05) is 44.2 Å². The van der Waals surface area contributed by atoms with Crippen LogP contribution in [0.2, 0.25) is 0 Å². The molecule has 0 saturated carbocycles. The molecule has 0 bridgehead atoms. The van der Waals surface area contributed by atoms with E-state index in [0.717, 1.165) is 17.6 Å².